The number of rotatable bonds is 3. The fourth-order valence-electron chi connectivity index (χ4n) is 4.42. The van der Waals surface area contributed by atoms with Gasteiger partial charge in [-0.2, -0.15) is 4.98 Å². The third kappa shape index (κ3) is 3.03. The Morgan fingerprint density at radius 1 is 1.11 bits per heavy atom. The van der Waals surface area contributed by atoms with E-state index in [-0.39, 0.29) is 5.92 Å². The highest BCUT2D eigenvalue weighted by Gasteiger charge is 2.30. The van der Waals surface area contributed by atoms with Crippen LogP contribution in [0, 0.1) is 6.92 Å². The summed E-state index contributed by atoms with van der Waals surface area (Å²) in [7, 11) is 3.86. The summed E-state index contributed by atoms with van der Waals surface area (Å²) in [5, 5.41) is 5.40. The molecule has 1 unspecified atom stereocenters. The summed E-state index contributed by atoms with van der Waals surface area (Å²) in [6, 6.07) is 0. The molecule has 0 N–H and O–H groups in total. The minimum absolute atomic E-state index is 0.245. The zero-order valence-electron chi connectivity index (χ0n) is 16.7. The van der Waals surface area contributed by atoms with Gasteiger partial charge in [0.05, 0.1) is 11.3 Å². The van der Waals surface area contributed by atoms with Crippen LogP contribution in [0.1, 0.15) is 53.8 Å². The molecule has 3 aromatic rings. The van der Waals surface area contributed by atoms with Crippen molar-refractivity contribution in [3.63, 3.8) is 0 Å². The van der Waals surface area contributed by atoms with E-state index in [1.807, 2.05) is 37.3 Å². The van der Waals surface area contributed by atoms with Crippen LogP contribution < -0.4 is 9.80 Å². The lowest BCUT2D eigenvalue weighted by atomic mass is 9.95. The fraction of sp³-hybridized carbons (Fsp3) is 0.600. The highest BCUT2D eigenvalue weighted by molar-refractivity contribution is 7.19. The van der Waals surface area contributed by atoms with Crippen molar-refractivity contribution < 1.29 is 4.52 Å². The van der Waals surface area contributed by atoms with Gasteiger partial charge in [0, 0.05) is 32.1 Å². The topological polar surface area (TPSA) is 71.2 Å². The highest BCUT2D eigenvalue weighted by Crippen LogP contribution is 2.41. The normalized spacial score (nSPS) is 19.8. The van der Waals surface area contributed by atoms with Gasteiger partial charge in [0.15, 0.2) is 0 Å². The summed E-state index contributed by atoms with van der Waals surface area (Å²) < 4.78 is 5.58. The Hall–Kier alpha value is -2.22. The molecule has 1 aliphatic heterocycles. The number of anilines is 2. The SMILES string of the molecule is Cc1nc(N2CCCC(c3nc(N(C)C)no3)C2)c2c3c(sc2n1)CCCC3. The minimum Gasteiger partial charge on any atom is -0.355 e. The van der Waals surface area contributed by atoms with Crippen molar-refractivity contribution in [1.82, 2.24) is 20.1 Å². The molecule has 0 spiro atoms. The van der Waals surface area contributed by atoms with Gasteiger partial charge in [-0.1, -0.05) is 0 Å². The molecule has 0 bridgehead atoms. The van der Waals surface area contributed by atoms with Crippen LogP contribution in [-0.4, -0.2) is 47.3 Å². The first-order valence-corrected chi connectivity index (χ1v) is 11.0. The van der Waals surface area contributed by atoms with Gasteiger partial charge in [0.1, 0.15) is 16.5 Å². The second-order valence-electron chi connectivity index (χ2n) is 8.10. The van der Waals surface area contributed by atoms with E-state index in [1.165, 1.54) is 35.1 Å². The standard InChI is InChI=1S/C20H26N6OS/c1-12-21-17(16-14-8-4-5-9-15(14)28-19(16)22-12)26-10-6-7-13(11-26)18-23-20(24-27-18)25(2)3/h13H,4-11H2,1-3H3. The van der Waals surface area contributed by atoms with Crippen molar-refractivity contribution in [3.05, 3.63) is 22.2 Å². The first-order valence-electron chi connectivity index (χ1n) is 10.1. The second kappa shape index (κ2) is 6.99. The number of aromatic nitrogens is 4. The molecule has 1 aliphatic carbocycles. The maximum absolute atomic E-state index is 5.58. The summed E-state index contributed by atoms with van der Waals surface area (Å²) in [6.45, 7) is 3.89. The average Bonchev–Trinajstić information content (AvgIpc) is 3.32. The molecular weight excluding hydrogens is 372 g/mol. The Kier molecular flexibility index (Phi) is 4.45. The molecule has 1 saturated heterocycles. The number of aryl methyl sites for hydroxylation is 3. The van der Waals surface area contributed by atoms with Crippen LogP contribution in [0.15, 0.2) is 4.52 Å². The van der Waals surface area contributed by atoms with E-state index < -0.39 is 0 Å². The van der Waals surface area contributed by atoms with Gasteiger partial charge in [-0.05, 0) is 56.2 Å². The van der Waals surface area contributed by atoms with Gasteiger partial charge < -0.3 is 14.3 Å². The van der Waals surface area contributed by atoms with Gasteiger partial charge in [-0.3, -0.25) is 0 Å². The zero-order valence-corrected chi connectivity index (χ0v) is 17.6. The third-order valence-corrected chi connectivity index (χ3v) is 6.99. The van der Waals surface area contributed by atoms with Gasteiger partial charge in [0.2, 0.25) is 5.89 Å². The fourth-order valence-corrected chi connectivity index (χ4v) is 5.72. The number of fused-ring (bicyclic) bond motifs is 3. The molecule has 8 heteroatoms. The van der Waals surface area contributed by atoms with E-state index in [2.05, 4.69) is 15.0 Å². The molecule has 0 saturated carbocycles. The first kappa shape index (κ1) is 17.8. The summed E-state index contributed by atoms with van der Waals surface area (Å²) >= 11 is 1.87. The molecule has 148 valence electrons. The van der Waals surface area contributed by atoms with E-state index in [4.69, 9.17) is 14.5 Å². The van der Waals surface area contributed by atoms with Crippen LogP contribution in [0.2, 0.25) is 0 Å². The van der Waals surface area contributed by atoms with Crippen LogP contribution in [0.3, 0.4) is 0 Å². The second-order valence-corrected chi connectivity index (χ2v) is 9.18. The summed E-state index contributed by atoms with van der Waals surface area (Å²) in [4.78, 5) is 21.3. The van der Waals surface area contributed by atoms with Gasteiger partial charge in [-0.25, -0.2) is 9.97 Å². The molecule has 3 aromatic heterocycles. The van der Waals surface area contributed by atoms with Crippen molar-refractivity contribution in [3.8, 4) is 0 Å². The summed E-state index contributed by atoms with van der Waals surface area (Å²) in [6.07, 6.45) is 7.07. The largest absolute Gasteiger partial charge is 0.355 e. The molecule has 1 atom stereocenters. The molecule has 7 nitrogen and oxygen atoms in total. The minimum atomic E-state index is 0.245. The quantitative estimate of drug-likeness (QED) is 0.666. The Labute approximate surface area is 168 Å². The van der Waals surface area contributed by atoms with Gasteiger partial charge in [0.25, 0.3) is 5.95 Å². The molecule has 2 aliphatic rings. The maximum Gasteiger partial charge on any atom is 0.265 e. The van der Waals surface area contributed by atoms with Crippen molar-refractivity contribution in [1.29, 1.82) is 0 Å². The lowest BCUT2D eigenvalue weighted by molar-refractivity contribution is 0.333. The molecule has 4 heterocycles. The Morgan fingerprint density at radius 2 is 1.96 bits per heavy atom. The van der Waals surface area contributed by atoms with Crippen LogP contribution in [0.5, 0.6) is 0 Å². The molecule has 28 heavy (non-hydrogen) atoms. The maximum atomic E-state index is 5.58. The Bertz CT molecular complexity index is 1010. The van der Waals surface area contributed by atoms with E-state index in [1.54, 1.807) is 0 Å². The van der Waals surface area contributed by atoms with Crippen LogP contribution >= 0.6 is 11.3 Å². The lowest BCUT2D eigenvalue weighted by Crippen LogP contribution is -2.35. The zero-order chi connectivity index (χ0) is 19.3. The highest BCUT2D eigenvalue weighted by atomic mass is 32.1. The predicted molar refractivity (Wildman–Crippen MR) is 112 cm³/mol. The van der Waals surface area contributed by atoms with Crippen molar-refractivity contribution in [2.24, 2.45) is 0 Å². The number of thiophene rings is 1. The first-order chi connectivity index (χ1) is 13.6. The Morgan fingerprint density at radius 3 is 2.79 bits per heavy atom. The van der Waals surface area contributed by atoms with Crippen molar-refractivity contribution >= 4 is 33.3 Å². The van der Waals surface area contributed by atoms with Crippen molar-refractivity contribution in [2.45, 2.75) is 51.4 Å². The van der Waals surface area contributed by atoms with E-state index in [0.29, 0.717) is 5.95 Å². The molecular formula is C20H26N6OS. The summed E-state index contributed by atoms with van der Waals surface area (Å²) in [5.74, 6) is 3.59. The lowest BCUT2D eigenvalue weighted by Gasteiger charge is -2.32. The summed E-state index contributed by atoms with van der Waals surface area (Å²) in [5.41, 5.74) is 1.50. The molecule has 0 amide bonds. The smallest absolute Gasteiger partial charge is 0.265 e. The number of nitrogens with zero attached hydrogens (tertiary/aromatic N) is 6. The van der Waals surface area contributed by atoms with Gasteiger partial charge in [-0.15, -0.1) is 11.3 Å². The molecule has 5 rings (SSSR count). The van der Waals surface area contributed by atoms with Crippen LogP contribution in [0.4, 0.5) is 11.8 Å². The van der Waals surface area contributed by atoms with E-state index >= 15 is 0 Å². The third-order valence-electron chi connectivity index (χ3n) is 5.81. The van der Waals surface area contributed by atoms with Crippen LogP contribution in [0.25, 0.3) is 10.2 Å². The van der Waals surface area contributed by atoms with Crippen molar-refractivity contribution in [2.75, 3.05) is 37.0 Å². The molecule has 0 radical (unpaired) electrons. The van der Waals surface area contributed by atoms with Crippen LogP contribution in [-0.2, 0) is 12.8 Å². The predicted octanol–water partition coefficient (Wildman–Crippen LogP) is 3.71. The molecule has 0 aromatic carbocycles. The number of piperidine rings is 1. The van der Waals surface area contributed by atoms with E-state index in [9.17, 15) is 0 Å². The monoisotopic (exact) mass is 398 g/mol. The average molecular weight is 399 g/mol. The Balaban J connectivity index is 1.51. The number of hydrogen-bond acceptors (Lipinski definition) is 8. The van der Waals surface area contributed by atoms with Gasteiger partial charge >= 0.3 is 0 Å². The molecule has 1 fully saturated rings. The number of hydrogen-bond donors (Lipinski definition) is 0. The van der Waals surface area contributed by atoms with E-state index in [0.717, 1.165) is 54.7 Å².